The van der Waals surface area contributed by atoms with Crippen molar-refractivity contribution in [3.8, 4) is 16.9 Å². The Labute approximate surface area is 183 Å². The number of carbonyl (C=O) groups excluding carboxylic acids is 1. The molecule has 6 nitrogen and oxygen atoms in total. The molecule has 0 aliphatic carbocycles. The van der Waals surface area contributed by atoms with Crippen molar-refractivity contribution in [2.75, 3.05) is 6.61 Å². The second kappa shape index (κ2) is 8.83. The highest BCUT2D eigenvalue weighted by Crippen LogP contribution is 2.35. The highest BCUT2D eigenvalue weighted by Gasteiger charge is 2.18. The van der Waals surface area contributed by atoms with Gasteiger partial charge in [0.05, 0.1) is 18.3 Å². The van der Waals surface area contributed by atoms with Crippen molar-refractivity contribution in [3.05, 3.63) is 81.7 Å². The molecule has 0 aliphatic heterocycles. The number of hydrogen-bond donors (Lipinski definition) is 1. The molecule has 4 aromatic rings. The molecular formula is C24H22N2O4S. The third-order valence-electron chi connectivity index (χ3n) is 5.01. The minimum atomic E-state index is -0.919. The molecule has 0 fully saturated rings. The molecular weight excluding hydrogens is 412 g/mol. The Hall–Kier alpha value is -3.29. The van der Waals surface area contributed by atoms with Gasteiger partial charge < -0.3 is 9.84 Å². The lowest BCUT2D eigenvalue weighted by molar-refractivity contribution is 0.0913. The summed E-state index contributed by atoms with van der Waals surface area (Å²) >= 11 is 1.49. The molecule has 158 valence electrons. The van der Waals surface area contributed by atoms with Crippen molar-refractivity contribution < 1.29 is 14.6 Å². The molecule has 0 radical (unpaired) electrons. The first-order chi connectivity index (χ1) is 14.9. The van der Waals surface area contributed by atoms with E-state index in [2.05, 4.69) is 4.98 Å². The number of Topliss-reactive ketones (excluding diaryl/α,β-unsaturated/α-hetero) is 1. The third kappa shape index (κ3) is 4.42. The van der Waals surface area contributed by atoms with Crippen molar-refractivity contribution in [2.24, 2.45) is 0 Å². The Morgan fingerprint density at radius 3 is 2.71 bits per heavy atom. The van der Waals surface area contributed by atoms with E-state index >= 15 is 0 Å². The number of aliphatic hydroxyl groups is 1. The van der Waals surface area contributed by atoms with Gasteiger partial charge in [-0.1, -0.05) is 42.5 Å². The van der Waals surface area contributed by atoms with Gasteiger partial charge in [0.1, 0.15) is 23.3 Å². The van der Waals surface area contributed by atoms with Crippen molar-refractivity contribution in [2.45, 2.75) is 26.5 Å². The van der Waals surface area contributed by atoms with Crippen LogP contribution in [0.15, 0.2) is 65.7 Å². The van der Waals surface area contributed by atoms with E-state index in [9.17, 15) is 14.7 Å². The first kappa shape index (κ1) is 21.0. The lowest BCUT2D eigenvalue weighted by Crippen LogP contribution is -2.30. The second-order valence-corrected chi connectivity index (χ2v) is 8.53. The first-order valence-electron chi connectivity index (χ1n) is 9.90. The molecule has 0 spiro atoms. The third-order valence-corrected chi connectivity index (χ3v) is 6.02. The molecule has 1 N–H and O–H groups in total. The molecule has 2 aromatic carbocycles. The van der Waals surface area contributed by atoms with Gasteiger partial charge in [0.2, 0.25) is 0 Å². The number of aryl methyl sites for hydroxylation is 1. The van der Waals surface area contributed by atoms with E-state index in [4.69, 9.17) is 4.74 Å². The van der Waals surface area contributed by atoms with Gasteiger partial charge in [-0.3, -0.25) is 14.2 Å². The maximum Gasteiger partial charge on any atom is 0.262 e. The van der Waals surface area contributed by atoms with E-state index < -0.39 is 6.10 Å². The molecule has 0 amide bonds. The van der Waals surface area contributed by atoms with Gasteiger partial charge in [-0.25, -0.2) is 4.98 Å². The minimum Gasteiger partial charge on any atom is -0.491 e. The number of hydrogen-bond acceptors (Lipinski definition) is 6. The van der Waals surface area contributed by atoms with Crippen LogP contribution >= 0.6 is 11.3 Å². The number of benzene rings is 2. The first-order valence-corrected chi connectivity index (χ1v) is 10.7. The maximum atomic E-state index is 13.2. The van der Waals surface area contributed by atoms with Crippen LogP contribution in [0.25, 0.3) is 21.3 Å². The van der Waals surface area contributed by atoms with Crippen LogP contribution in [0.2, 0.25) is 0 Å². The van der Waals surface area contributed by atoms with Crippen LogP contribution in [-0.4, -0.2) is 33.2 Å². The highest BCUT2D eigenvalue weighted by molar-refractivity contribution is 7.19. The summed E-state index contributed by atoms with van der Waals surface area (Å²) in [6.07, 6.45) is 0.549. The lowest BCUT2D eigenvalue weighted by atomic mass is 10.0. The Bertz CT molecular complexity index is 1290. The number of aromatic nitrogens is 2. The molecule has 2 heterocycles. The van der Waals surface area contributed by atoms with Gasteiger partial charge in [-0.05, 0) is 31.5 Å². The average molecular weight is 435 g/mol. The normalized spacial score (nSPS) is 12.1. The van der Waals surface area contributed by atoms with Crippen molar-refractivity contribution in [3.63, 3.8) is 0 Å². The van der Waals surface area contributed by atoms with Crippen molar-refractivity contribution in [1.82, 2.24) is 9.55 Å². The maximum absolute atomic E-state index is 13.2. The number of nitrogens with zero attached hydrogens (tertiary/aromatic N) is 2. The summed E-state index contributed by atoms with van der Waals surface area (Å²) in [6.45, 7) is 3.51. The van der Waals surface area contributed by atoms with Crippen LogP contribution in [0.5, 0.6) is 5.75 Å². The number of aliphatic hydroxyl groups excluding tert-OH is 1. The Morgan fingerprint density at radius 1 is 1.19 bits per heavy atom. The predicted octanol–water partition coefficient (Wildman–Crippen LogP) is 4.08. The minimum absolute atomic E-state index is 0.0138. The number of rotatable bonds is 7. The molecule has 0 bridgehead atoms. The number of thiophene rings is 1. The molecule has 1 atom stereocenters. The van der Waals surface area contributed by atoms with Gasteiger partial charge in [-0.2, -0.15) is 0 Å². The van der Waals surface area contributed by atoms with E-state index in [1.165, 1.54) is 29.2 Å². The quantitative estimate of drug-likeness (QED) is 0.444. The molecule has 31 heavy (non-hydrogen) atoms. The van der Waals surface area contributed by atoms with Crippen LogP contribution in [0, 0.1) is 6.92 Å². The van der Waals surface area contributed by atoms with Gasteiger partial charge >= 0.3 is 0 Å². The zero-order valence-corrected chi connectivity index (χ0v) is 18.1. The van der Waals surface area contributed by atoms with Gasteiger partial charge in [-0.15, -0.1) is 11.3 Å². The number of ether oxygens (including phenoxy) is 1. The van der Waals surface area contributed by atoms with E-state index in [1.807, 2.05) is 37.3 Å². The van der Waals surface area contributed by atoms with Crippen LogP contribution < -0.4 is 10.3 Å². The van der Waals surface area contributed by atoms with Crippen LogP contribution in [-0.2, 0) is 6.54 Å². The van der Waals surface area contributed by atoms with E-state index in [0.717, 1.165) is 16.0 Å². The summed E-state index contributed by atoms with van der Waals surface area (Å²) in [6, 6.07) is 16.6. The molecule has 0 aliphatic rings. The van der Waals surface area contributed by atoms with Crippen LogP contribution in [0.1, 0.15) is 22.2 Å². The van der Waals surface area contributed by atoms with Gasteiger partial charge in [0, 0.05) is 16.0 Å². The van der Waals surface area contributed by atoms with Crippen LogP contribution in [0.3, 0.4) is 0 Å². The standard InChI is InChI=1S/C24H22N2O4S/c1-15(27)18-9-6-10-20(11-18)30-13-19(28)12-26-14-25-23-22(24(26)29)21(16(2)31-23)17-7-4-3-5-8-17/h3-11,14,19,28H,12-13H2,1-2H3/t19-/m1/s1. The summed E-state index contributed by atoms with van der Waals surface area (Å²) < 4.78 is 7.04. The number of ketones is 1. The van der Waals surface area contributed by atoms with Crippen molar-refractivity contribution >= 4 is 27.3 Å². The molecule has 7 heteroatoms. The van der Waals surface area contributed by atoms with E-state index in [-0.39, 0.29) is 24.5 Å². The fraction of sp³-hybridized carbons (Fsp3) is 0.208. The van der Waals surface area contributed by atoms with E-state index in [1.54, 1.807) is 24.3 Å². The zero-order chi connectivity index (χ0) is 22.0. The summed E-state index contributed by atoms with van der Waals surface area (Å²) in [7, 11) is 0. The molecule has 0 saturated heterocycles. The van der Waals surface area contributed by atoms with Crippen molar-refractivity contribution in [1.29, 1.82) is 0 Å². The highest BCUT2D eigenvalue weighted by atomic mass is 32.1. The Balaban J connectivity index is 1.56. The fourth-order valence-electron chi connectivity index (χ4n) is 3.50. The zero-order valence-electron chi connectivity index (χ0n) is 17.2. The Kier molecular flexibility index (Phi) is 5.97. The summed E-state index contributed by atoms with van der Waals surface area (Å²) in [4.78, 5) is 30.9. The van der Waals surface area contributed by atoms with Gasteiger partial charge in [0.15, 0.2) is 5.78 Å². The smallest absolute Gasteiger partial charge is 0.262 e. The summed E-state index contributed by atoms with van der Waals surface area (Å²) in [5, 5.41) is 11.0. The summed E-state index contributed by atoms with van der Waals surface area (Å²) in [5.41, 5.74) is 2.21. The molecule has 0 unspecified atom stereocenters. The second-order valence-electron chi connectivity index (χ2n) is 7.33. The number of fused-ring (bicyclic) bond motifs is 1. The molecule has 2 aromatic heterocycles. The number of carbonyl (C=O) groups is 1. The molecule has 4 rings (SSSR count). The molecule has 0 saturated carbocycles. The Morgan fingerprint density at radius 2 is 1.97 bits per heavy atom. The lowest BCUT2D eigenvalue weighted by Gasteiger charge is -2.14. The SMILES string of the molecule is CC(=O)c1cccc(OC[C@H](O)Cn2cnc3sc(C)c(-c4ccccc4)c3c2=O)c1. The van der Waals surface area contributed by atoms with Crippen LogP contribution in [0.4, 0.5) is 0 Å². The topological polar surface area (TPSA) is 81.4 Å². The van der Waals surface area contributed by atoms with E-state index in [0.29, 0.717) is 21.5 Å². The van der Waals surface area contributed by atoms with Gasteiger partial charge in [0.25, 0.3) is 5.56 Å². The largest absolute Gasteiger partial charge is 0.491 e. The fourth-order valence-corrected chi connectivity index (χ4v) is 4.50. The predicted molar refractivity (Wildman–Crippen MR) is 122 cm³/mol. The monoisotopic (exact) mass is 434 g/mol. The summed E-state index contributed by atoms with van der Waals surface area (Å²) in [5.74, 6) is 0.435. The average Bonchev–Trinajstić information content (AvgIpc) is 3.11.